The maximum atomic E-state index is 12.7. The molecule has 1 amide bonds. The van der Waals surface area contributed by atoms with Gasteiger partial charge < -0.3 is 9.42 Å². The number of carbonyl (C=O) groups is 1. The van der Waals surface area contributed by atoms with Crippen molar-refractivity contribution in [2.24, 2.45) is 0 Å². The van der Waals surface area contributed by atoms with Gasteiger partial charge in [-0.05, 0) is 50.2 Å². The number of hydrogen-bond donors (Lipinski definition) is 0. The molecule has 2 aromatic carbocycles. The highest BCUT2D eigenvalue weighted by atomic mass is 16.5. The highest BCUT2D eigenvalue weighted by Crippen LogP contribution is 2.20. The van der Waals surface area contributed by atoms with Crippen LogP contribution in [0.1, 0.15) is 23.1 Å². The van der Waals surface area contributed by atoms with Gasteiger partial charge in [-0.3, -0.25) is 4.79 Å². The Morgan fingerprint density at radius 3 is 2.35 bits per heavy atom. The minimum Gasteiger partial charge on any atom is -0.334 e. The standard InChI is InChI=1S/C18H17N3O2/c1-3-21(16-7-5-4-6-8-16)18(22)15-11-9-14(10-12-15)17-19-13(2)20-23-17/h4-12H,3H2,1-2H3. The lowest BCUT2D eigenvalue weighted by Crippen LogP contribution is -2.30. The van der Waals surface area contributed by atoms with Gasteiger partial charge >= 0.3 is 0 Å². The third kappa shape index (κ3) is 3.13. The van der Waals surface area contributed by atoms with E-state index in [1.165, 1.54) is 0 Å². The summed E-state index contributed by atoms with van der Waals surface area (Å²) in [6, 6.07) is 16.8. The lowest BCUT2D eigenvalue weighted by Gasteiger charge is -2.21. The average Bonchev–Trinajstić information content (AvgIpc) is 3.03. The summed E-state index contributed by atoms with van der Waals surface area (Å²) in [7, 11) is 0. The molecule has 1 aromatic heterocycles. The Labute approximate surface area is 134 Å². The number of aryl methyl sites for hydroxylation is 1. The zero-order chi connectivity index (χ0) is 16.2. The smallest absolute Gasteiger partial charge is 0.258 e. The summed E-state index contributed by atoms with van der Waals surface area (Å²) < 4.78 is 5.13. The zero-order valence-electron chi connectivity index (χ0n) is 13.1. The van der Waals surface area contributed by atoms with Crippen molar-refractivity contribution in [3.05, 3.63) is 66.0 Å². The Morgan fingerprint density at radius 1 is 1.09 bits per heavy atom. The van der Waals surface area contributed by atoms with Crippen molar-refractivity contribution in [3.63, 3.8) is 0 Å². The summed E-state index contributed by atoms with van der Waals surface area (Å²) in [6.07, 6.45) is 0. The Hall–Kier alpha value is -2.95. The normalized spacial score (nSPS) is 10.5. The van der Waals surface area contributed by atoms with Gasteiger partial charge in [-0.2, -0.15) is 4.98 Å². The summed E-state index contributed by atoms with van der Waals surface area (Å²) in [5.41, 5.74) is 2.30. The number of amides is 1. The van der Waals surface area contributed by atoms with E-state index in [-0.39, 0.29) is 5.91 Å². The van der Waals surface area contributed by atoms with Gasteiger partial charge in [0.2, 0.25) is 0 Å². The fraction of sp³-hybridized carbons (Fsp3) is 0.167. The van der Waals surface area contributed by atoms with E-state index in [0.717, 1.165) is 11.3 Å². The molecule has 0 fully saturated rings. The van der Waals surface area contributed by atoms with Crippen molar-refractivity contribution in [2.45, 2.75) is 13.8 Å². The Morgan fingerprint density at radius 2 is 1.78 bits per heavy atom. The second-order valence-corrected chi connectivity index (χ2v) is 5.11. The van der Waals surface area contributed by atoms with Crippen LogP contribution in [0.3, 0.4) is 0 Å². The quantitative estimate of drug-likeness (QED) is 0.737. The summed E-state index contributed by atoms with van der Waals surface area (Å²) >= 11 is 0. The molecule has 5 nitrogen and oxygen atoms in total. The Bertz CT molecular complexity index is 795. The van der Waals surface area contributed by atoms with Crippen LogP contribution in [0.5, 0.6) is 0 Å². The second-order valence-electron chi connectivity index (χ2n) is 5.11. The van der Waals surface area contributed by atoms with E-state index >= 15 is 0 Å². The van der Waals surface area contributed by atoms with Crippen LogP contribution in [0.4, 0.5) is 5.69 Å². The first kappa shape index (κ1) is 15.0. The number of rotatable bonds is 4. The molecule has 1 heterocycles. The van der Waals surface area contributed by atoms with E-state index in [4.69, 9.17) is 4.52 Å². The third-order valence-electron chi connectivity index (χ3n) is 3.54. The van der Waals surface area contributed by atoms with Crippen LogP contribution < -0.4 is 4.90 Å². The Balaban J connectivity index is 1.85. The number of para-hydroxylation sites is 1. The third-order valence-corrected chi connectivity index (χ3v) is 3.54. The molecular formula is C18H17N3O2. The summed E-state index contributed by atoms with van der Waals surface area (Å²) in [6.45, 7) is 4.33. The summed E-state index contributed by atoms with van der Waals surface area (Å²) in [4.78, 5) is 18.6. The molecule has 3 aromatic rings. The van der Waals surface area contributed by atoms with Crippen LogP contribution >= 0.6 is 0 Å². The molecule has 0 aliphatic heterocycles. The fourth-order valence-corrected chi connectivity index (χ4v) is 2.38. The number of nitrogens with zero attached hydrogens (tertiary/aromatic N) is 3. The molecule has 23 heavy (non-hydrogen) atoms. The summed E-state index contributed by atoms with van der Waals surface area (Å²) in [5.74, 6) is 1.00. The fourth-order valence-electron chi connectivity index (χ4n) is 2.38. The van der Waals surface area contributed by atoms with Gasteiger partial charge in [-0.15, -0.1) is 0 Å². The minimum atomic E-state index is -0.0352. The number of hydrogen-bond acceptors (Lipinski definition) is 4. The van der Waals surface area contributed by atoms with Gasteiger partial charge in [0.05, 0.1) is 0 Å². The molecule has 0 aliphatic carbocycles. The molecule has 0 radical (unpaired) electrons. The second kappa shape index (κ2) is 6.44. The number of carbonyl (C=O) groups excluding carboxylic acids is 1. The topological polar surface area (TPSA) is 59.2 Å². The maximum Gasteiger partial charge on any atom is 0.258 e. The predicted octanol–water partition coefficient (Wildman–Crippen LogP) is 3.71. The molecule has 0 aliphatic rings. The highest BCUT2D eigenvalue weighted by molar-refractivity contribution is 6.06. The predicted molar refractivity (Wildman–Crippen MR) is 88.3 cm³/mol. The van der Waals surface area contributed by atoms with Crippen LogP contribution in [0.15, 0.2) is 59.1 Å². The van der Waals surface area contributed by atoms with Crippen molar-refractivity contribution in [2.75, 3.05) is 11.4 Å². The van der Waals surface area contributed by atoms with Crippen molar-refractivity contribution in [1.29, 1.82) is 0 Å². The first-order valence-electron chi connectivity index (χ1n) is 7.46. The van der Waals surface area contributed by atoms with Gasteiger partial charge in [0, 0.05) is 23.4 Å². The van der Waals surface area contributed by atoms with Crippen LogP contribution in [0.2, 0.25) is 0 Å². The molecule has 0 saturated carbocycles. The van der Waals surface area contributed by atoms with Gasteiger partial charge in [0.1, 0.15) is 0 Å². The highest BCUT2D eigenvalue weighted by Gasteiger charge is 2.16. The lowest BCUT2D eigenvalue weighted by molar-refractivity contribution is 0.0988. The van der Waals surface area contributed by atoms with Crippen molar-refractivity contribution >= 4 is 11.6 Å². The van der Waals surface area contributed by atoms with Crippen molar-refractivity contribution < 1.29 is 9.32 Å². The number of anilines is 1. The maximum absolute atomic E-state index is 12.7. The van der Waals surface area contributed by atoms with Gasteiger partial charge in [0.25, 0.3) is 11.8 Å². The first-order valence-corrected chi connectivity index (χ1v) is 7.46. The largest absolute Gasteiger partial charge is 0.334 e. The van der Waals surface area contributed by atoms with E-state index in [0.29, 0.717) is 23.8 Å². The van der Waals surface area contributed by atoms with Gasteiger partial charge in [-0.25, -0.2) is 0 Å². The molecular weight excluding hydrogens is 290 g/mol. The molecule has 0 saturated heterocycles. The van der Waals surface area contributed by atoms with E-state index < -0.39 is 0 Å². The van der Waals surface area contributed by atoms with E-state index in [1.807, 2.05) is 49.4 Å². The van der Waals surface area contributed by atoms with Crippen LogP contribution in [0.25, 0.3) is 11.5 Å². The lowest BCUT2D eigenvalue weighted by atomic mass is 10.1. The molecule has 0 atom stereocenters. The molecule has 0 spiro atoms. The van der Waals surface area contributed by atoms with Gasteiger partial charge in [0.15, 0.2) is 5.82 Å². The molecule has 0 unspecified atom stereocenters. The van der Waals surface area contributed by atoms with Crippen molar-refractivity contribution in [3.8, 4) is 11.5 Å². The first-order chi connectivity index (χ1) is 11.2. The van der Waals surface area contributed by atoms with Crippen LogP contribution in [0, 0.1) is 6.92 Å². The van der Waals surface area contributed by atoms with Gasteiger partial charge in [-0.1, -0.05) is 23.4 Å². The summed E-state index contributed by atoms with van der Waals surface area (Å²) in [5, 5.41) is 3.77. The van der Waals surface area contributed by atoms with E-state index in [1.54, 1.807) is 24.0 Å². The molecule has 0 bridgehead atoms. The van der Waals surface area contributed by atoms with Crippen molar-refractivity contribution in [1.82, 2.24) is 10.1 Å². The number of benzene rings is 2. The zero-order valence-corrected chi connectivity index (χ0v) is 13.1. The molecule has 116 valence electrons. The van der Waals surface area contributed by atoms with E-state index in [2.05, 4.69) is 10.1 Å². The molecule has 3 rings (SSSR count). The number of aromatic nitrogens is 2. The molecule has 5 heteroatoms. The SMILES string of the molecule is CCN(C(=O)c1ccc(-c2nc(C)no2)cc1)c1ccccc1. The molecule has 0 N–H and O–H groups in total. The monoisotopic (exact) mass is 307 g/mol. The van der Waals surface area contributed by atoms with E-state index in [9.17, 15) is 4.79 Å². The average molecular weight is 307 g/mol. The van der Waals surface area contributed by atoms with Crippen LogP contribution in [-0.4, -0.2) is 22.6 Å². The minimum absolute atomic E-state index is 0.0352. The Kier molecular flexibility index (Phi) is 4.19. The van der Waals surface area contributed by atoms with Crippen LogP contribution in [-0.2, 0) is 0 Å².